The highest BCUT2D eigenvalue weighted by molar-refractivity contribution is 5.69. The van der Waals surface area contributed by atoms with Crippen LogP contribution in [0.5, 0.6) is 0 Å². The van der Waals surface area contributed by atoms with Crippen LogP contribution in [0.4, 0.5) is 0 Å². The minimum atomic E-state index is -0.394. The first-order valence-corrected chi connectivity index (χ1v) is 9.62. The average molecular weight is 352 g/mol. The van der Waals surface area contributed by atoms with Crippen LogP contribution in [-0.2, 0) is 14.3 Å². The Labute approximate surface area is 154 Å². The molecule has 0 spiro atoms. The van der Waals surface area contributed by atoms with Crippen LogP contribution in [-0.4, -0.2) is 31.0 Å². The van der Waals surface area contributed by atoms with E-state index in [0.29, 0.717) is 30.3 Å². The van der Waals surface area contributed by atoms with E-state index in [0.717, 1.165) is 19.3 Å². The molecule has 0 amide bonds. The predicted octanol–water partition coefficient (Wildman–Crippen LogP) is 5.17. The van der Waals surface area contributed by atoms with E-state index in [2.05, 4.69) is 18.5 Å². The van der Waals surface area contributed by atoms with Crippen molar-refractivity contribution in [1.82, 2.24) is 0 Å². The zero-order chi connectivity index (χ0) is 18.9. The molecule has 0 radical (unpaired) electrons. The second kappa shape index (κ2) is 10.7. The molecule has 0 aromatic carbocycles. The molecule has 4 nitrogen and oxygen atoms in total. The van der Waals surface area contributed by atoms with Crippen molar-refractivity contribution in [3.05, 3.63) is 12.8 Å². The molecule has 1 rings (SSSR count). The van der Waals surface area contributed by atoms with Gasteiger partial charge in [-0.1, -0.05) is 13.5 Å². The van der Waals surface area contributed by atoms with Crippen LogP contribution < -0.4 is 0 Å². The average Bonchev–Trinajstić information content (AvgIpc) is 2.52. The zero-order valence-corrected chi connectivity index (χ0v) is 16.8. The van der Waals surface area contributed by atoms with Gasteiger partial charge in [-0.3, -0.25) is 9.79 Å². The molecule has 0 N–H and O–H groups in total. The number of nitrogens with zero attached hydrogens (tertiary/aromatic N) is 1. The van der Waals surface area contributed by atoms with Crippen molar-refractivity contribution in [3.8, 4) is 0 Å². The normalized spacial score (nSPS) is 25.7. The second-order valence-corrected chi connectivity index (χ2v) is 8.43. The maximum Gasteiger partial charge on any atom is 0.306 e. The molecule has 1 fully saturated rings. The standard InChI is InChI=1S/C21H37NO3/c1-7-22-13-12-16(2)14-18-10-8-17(15-19(18)24-6)9-11-20(23)25-21(3,4)5/h7,13,16-19H,1,8-12,14-15H2,2-6H3/b22-13-/t16?,17?,18-,19-/m1/s1. The summed E-state index contributed by atoms with van der Waals surface area (Å²) in [6, 6.07) is 0. The van der Waals surface area contributed by atoms with Gasteiger partial charge in [-0.15, -0.1) is 0 Å². The van der Waals surface area contributed by atoms with Gasteiger partial charge in [0.2, 0.25) is 0 Å². The van der Waals surface area contributed by atoms with E-state index in [1.54, 1.807) is 6.20 Å². The highest BCUT2D eigenvalue weighted by Gasteiger charge is 2.31. The first-order valence-electron chi connectivity index (χ1n) is 9.62. The zero-order valence-electron chi connectivity index (χ0n) is 16.8. The summed E-state index contributed by atoms with van der Waals surface area (Å²) in [5.41, 5.74) is -0.394. The molecule has 0 aromatic heterocycles. The van der Waals surface area contributed by atoms with Crippen LogP contribution in [0.25, 0.3) is 0 Å². The van der Waals surface area contributed by atoms with Gasteiger partial charge in [0.25, 0.3) is 0 Å². The third-order valence-corrected chi connectivity index (χ3v) is 4.94. The van der Waals surface area contributed by atoms with Crippen molar-refractivity contribution < 1.29 is 14.3 Å². The fourth-order valence-corrected chi connectivity index (χ4v) is 3.74. The van der Waals surface area contributed by atoms with E-state index in [9.17, 15) is 4.79 Å². The van der Waals surface area contributed by atoms with Gasteiger partial charge in [0.1, 0.15) is 5.60 Å². The number of carbonyl (C=O) groups excluding carboxylic acids is 1. The molecule has 4 atom stereocenters. The maximum absolute atomic E-state index is 11.9. The van der Waals surface area contributed by atoms with Crippen LogP contribution in [0.2, 0.25) is 0 Å². The van der Waals surface area contributed by atoms with Crippen LogP contribution >= 0.6 is 0 Å². The number of aliphatic imine (C=N–C) groups is 1. The molecular formula is C21H37NO3. The third-order valence-electron chi connectivity index (χ3n) is 4.94. The van der Waals surface area contributed by atoms with Crippen molar-refractivity contribution in [3.63, 3.8) is 0 Å². The van der Waals surface area contributed by atoms with E-state index in [-0.39, 0.29) is 5.97 Å². The minimum absolute atomic E-state index is 0.0845. The molecule has 0 heterocycles. The van der Waals surface area contributed by atoms with Gasteiger partial charge in [-0.2, -0.15) is 0 Å². The monoisotopic (exact) mass is 351 g/mol. The van der Waals surface area contributed by atoms with E-state index in [4.69, 9.17) is 9.47 Å². The number of esters is 1. The van der Waals surface area contributed by atoms with E-state index in [1.165, 1.54) is 19.3 Å². The van der Waals surface area contributed by atoms with Gasteiger partial charge in [-0.25, -0.2) is 0 Å². The molecule has 0 aliphatic heterocycles. The smallest absolute Gasteiger partial charge is 0.306 e. The van der Waals surface area contributed by atoms with Gasteiger partial charge in [0.15, 0.2) is 0 Å². The summed E-state index contributed by atoms with van der Waals surface area (Å²) >= 11 is 0. The van der Waals surface area contributed by atoms with Crippen molar-refractivity contribution in [2.45, 2.75) is 84.3 Å². The quantitative estimate of drug-likeness (QED) is 0.425. The summed E-state index contributed by atoms with van der Waals surface area (Å²) < 4.78 is 11.2. The van der Waals surface area contributed by atoms with Crippen molar-refractivity contribution in [2.24, 2.45) is 22.7 Å². The summed E-state index contributed by atoms with van der Waals surface area (Å²) in [5, 5.41) is 0. The van der Waals surface area contributed by atoms with Crippen LogP contribution in [0, 0.1) is 17.8 Å². The maximum atomic E-state index is 11.9. The lowest BCUT2D eigenvalue weighted by atomic mass is 9.74. The van der Waals surface area contributed by atoms with Gasteiger partial charge >= 0.3 is 5.97 Å². The lowest BCUT2D eigenvalue weighted by molar-refractivity contribution is -0.155. The summed E-state index contributed by atoms with van der Waals surface area (Å²) in [7, 11) is 1.82. The third kappa shape index (κ3) is 9.20. The summed E-state index contributed by atoms with van der Waals surface area (Å²) in [5.74, 6) is 1.68. The Morgan fingerprint density at radius 2 is 2.08 bits per heavy atom. The topological polar surface area (TPSA) is 47.9 Å². The first kappa shape index (κ1) is 21.9. The Bertz CT molecular complexity index is 439. The van der Waals surface area contributed by atoms with E-state index in [1.807, 2.05) is 34.1 Å². The fraction of sp³-hybridized carbons (Fsp3) is 0.810. The lowest BCUT2D eigenvalue weighted by Crippen LogP contribution is -2.33. The van der Waals surface area contributed by atoms with E-state index < -0.39 is 5.60 Å². The van der Waals surface area contributed by atoms with Gasteiger partial charge in [0, 0.05) is 25.9 Å². The number of hydrogen-bond acceptors (Lipinski definition) is 4. The Hall–Kier alpha value is -1.16. The number of hydrogen-bond donors (Lipinski definition) is 0. The highest BCUT2D eigenvalue weighted by Crippen LogP contribution is 2.37. The molecule has 25 heavy (non-hydrogen) atoms. The molecule has 144 valence electrons. The van der Waals surface area contributed by atoms with Crippen molar-refractivity contribution in [1.29, 1.82) is 0 Å². The summed E-state index contributed by atoms with van der Waals surface area (Å²) in [6.45, 7) is 11.6. The molecule has 1 aliphatic carbocycles. The molecule has 0 bridgehead atoms. The lowest BCUT2D eigenvalue weighted by Gasteiger charge is -2.36. The van der Waals surface area contributed by atoms with E-state index >= 15 is 0 Å². The number of ether oxygens (including phenoxy) is 2. The Balaban J connectivity index is 2.40. The second-order valence-electron chi connectivity index (χ2n) is 8.43. The number of methoxy groups -OCH3 is 1. The van der Waals surface area contributed by atoms with Gasteiger partial charge in [-0.05, 0) is 77.0 Å². The SMILES string of the molecule is C=C/N=C\CC(C)C[C@H]1CCC(CCC(=O)OC(C)(C)C)C[C@H]1OC. The highest BCUT2D eigenvalue weighted by atomic mass is 16.6. The van der Waals surface area contributed by atoms with Crippen LogP contribution in [0.1, 0.15) is 72.6 Å². The predicted molar refractivity (Wildman–Crippen MR) is 104 cm³/mol. The molecule has 1 saturated carbocycles. The minimum Gasteiger partial charge on any atom is -0.460 e. The molecular weight excluding hydrogens is 314 g/mol. The molecule has 1 aliphatic rings. The van der Waals surface area contributed by atoms with Crippen molar-refractivity contribution in [2.75, 3.05) is 7.11 Å². The molecule has 2 unspecified atom stereocenters. The molecule has 4 heteroatoms. The molecule has 0 saturated heterocycles. The Morgan fingerprint density at radius 1 is 1.36 bits per heavy atom. The van der Waals surface area contributed by atoms with Gasteiger partial charge < -0.3 is 9.47 Å². The van der Waals surface area contributed by atoms with Crippen molar-refractivity contribution >= 4 is 12.2 Å². The largest absolute Gasteiger partial charge is 0.460 e. The summed E-state index contributed by atoms with van der Waals surface area (Å²) in [4.78, 5) is 16.0. The first-order chi connectivity index (χ1) is 11.7. The van der Waals surface area contributed by atoms with Gasteiger partial charge in [0.05, 0.1) is 6.10 Å². The number of carbonyl (C=O) groups is 1. The summed E-state index contributed by atoms with van der Waals surface area (Å²) in [6.07, 6.45) is 10.8. The fourth-order valence-electron chi connectivity index (χ4n) is 3.74. The Morgan fingerprint density at radius 3 is 2.68 bits per heavy atom. The van der Waals surface area contributed by atoms with Crippen LogP contribution in [0.15, 0.2) is 17.8 Å². The van der Waals surface area contributed by atoms with Crippen LogP contribution in [0.3, 0.4) is 0 Å². The molecule has 0 aromatic rings. The number of rotatable bonds is 9. The Kier molecular flexibility index (Phi) is 9.41.